The predicted molar refractivity (Wildman–Crippen MR) is 80.4 cm³/mol. The van der Waals surface area contributed by atoms with Crippen molar-refractivity contribution < 1.29 is 4.79 Å². The summed E-state index contributed by atoms with van der Waals surface area (Å²) in [6.07, 6.45) is 0.933. The van der Waals surface area contributed by atoms with Crippen molar-refractivity contribution in [1.82, 2.24) is 10.2 Å². The Balaban J connectivity index is 2.51. The normalized spacial score (nSPS) is 11.8. The molecule has 0 bridgehead atoms. The van der Waals surface area contributed by atoms with Crippen molar-refractivity contribution in [2.45, 2.75) is 19.4 Å². The maximum absolute atomic E-state index is 12.0. The van der Waals surface area contributed by atoms with Gasteiger partial charge in [-0.2, -0.15) is 0 Å². The number of nitrogens with one attached hydrogen (secondary N) is 1. The largest absolute Gasteiger partial charge is 0.350 e. The van der Waals surface area contributed by atoms with Crippen molar-refractivity contribution in [2.24, 2.45) is 5.73 Å². The quantitative estimate of drug-likeness (QED) is 0.794. The first-order valence-corrected chi connectivity index (χ1v) is 7.14. The van der Waals surface area contributed by atoms with Crippen molar-refractivity contribution in [3.63, 3.8) is 0 Å². The summed E-state index contributed by atoms with van der Waals surface area (Å²) in [5, 5.41) is 4.82. The summed E-state index contributed by atoms with van der Waals surface area (Å²) in [6, 6.07) is 1.97. The highest BCUT2D eigenvalue weighted by Gasteiger charge is 2.11. The Labute approximate surface area is 119 Å². The summed E-state index contributed by atoms with van der Waals surface area (Å²) in [4.78, 5) is 15.0. The lowest BCUT2D eigenvalue weighted by atomic mass is 10.2. The van der Waals surface area contributed by atoms with Gasteiger partial charge in [-0.05, 0) is 40.1 Å². The van der Waals surface area contributed by atoms with Gasteiger partial charge in [-0.15, -0.1) is 11.3 Å². The van der Waals surface area contributed by atoms with E-state index in [-0.39, 0.29) is 11.9 Å². The van der Waals surface area contributed by atoms with Crippen LogP contribution in [0.15, 0.2) is 11.4 Å². The van der Waals surface area contributed by atoms with Crippen molar-refractivity contribution in [2.75, 3.05) is 27.2 Å². The van der Waals surface area contributed by atoms with E-state index in [1.807, 2.05) is 26.4 Å². The van der Waals surface area contributed by atoms with E-state index >= 15 is 0 Å². The van der Waals surface area contributed by atoms with Crippen molar-refractivity contribution in [3.05, 3.63) is 21.9 Å². The van der Waals surface area contributed by atoms with Gasteiger partial charge < -0.3 is 16.0 Å². The number of hydrogen-bond donors (Lipinski definition) is 2. The zero-order valence-electron chi connectivity index (χ0n) is 11.7. The number of rotatable bonds is 5. The molecule has 0 radical (unpaired) electrons. The Bertz CT molecular complexity index is 471. The van der Waals surface area contributed by atoms with Gasteiger partial charge >= 0.3 is 0 Å². The molecule has 0 aliphatic carbocycles. The summed E-state index contributed by atoms with van der Waals surface area (Å²) in [6.45, 7) is 3.31. The van der Waals surface area contributed by atoms with Gasteiger partial charge in [0, 0.05) is 11.4 Å². The van der Waals surface area contributed by atoms with E-state index in [9.17, 15) is 4.79 Å². The monoisotopic (exact) mass is 279 g/mol. The molecule has 104 valence electrons. The van der Waals surface area contributed by atoms with Gasteiger partial charge in [0.1, 0.15) is 0 Å². The van der Waals surface area contributed by atoms with E-state index in [1.165, 1.54) is 11.3 Å². The first-order chi connectivity index (χ1) is 9.02. The Morgan fingerprint density at radius 1 is 1.58 bits per heavy atom. The molecule has 1 heterocycles. The summed E-state index contributed by atoms with van der Waals surface area (Å²) in [5.74, 6) is 5.67. The Morgan fingerprint density at radius 3 is 2.95 bits per heavy atom. The molecule has 0 saturated heterocycles. The number of nitrogens with two attached hydrogens (primary N) is 1. The van der Waals surface area contributed by atoms with Crippen molar-refractivity contribution in [1.29, 1.82) is 0 Å². The summed E-state index contributed by atoms with van der Waals surface area (Å²) < 4.78 is 0. The number of hydrogen-bond acceptors (Lipinski definition) is 4. The number of thiophene rings is 1. The minimum Gasteiger partial charge on any atom is -0.350 e. The van der Waals surface area contributed by atoms with Crippen LogP contribution >= 0.6 is 11.3 Å². The van der Waals surface area contributed by atoms with E-state index in [0.717, 1.165) is 17.8 Å². The molecule has 1 atom stereocenters. The maximum atomic E-state index is 12.0. The standard InChI is InChI=1S/C14H21N3OS/c1-11(6-8-17(2)3)16-14(18)12-9-13(19-10-12)5-4-7-15/h9-11H,6-8,15H2,1-3H3,(H,16,18). The van der Waals surface area contributed by atoms with Crippen LogP contribution in [0.5, 0.6) is 0 Å². The molecule has 0 saturated carbocycles. The fourth-order valence-electron chi connectivity index (χ4n) is 1.49. The average Bonchev–Trinajstić information content (AvgIpc) is 2.82. The summed E-state index contributed by atoms with van der Waals surface area (Å²) >= 11 is 1.46. The molecule has 1 aromatic heterocycles. The first kappa shape index (κ1) is 15.7. The zero-order chi connectivity index (χ0) is 14.3. The molecule has 0 aliphatic heterocycles. The van der Waals surface area contributed by atoms with Crippen molar-refractivity contribution >= 4 is 17.2 Å². The van der Waals surface area contributed by atoms with Crippen LogP contribution in [0.1, 0.15) is 28.6 Å². The number of carbonyl (C=O) groups is 1. The predicted octanol–water partition coefficient (Wildman–Crippen LogP) is 1.13. The lowest BCUT2D eigenvalue weighted by molar-refractivity contribution is 0.0937. The molecule has 4 nitrogen and oxygen atoms in total. The second kappa shape index (κ2) is 7.95. The highest BCUT2D eigenvalue weighted by Crippen LogP contribution is 2.13. The van der Waals surface area contributed by atoms with Gasteiger partial charge in [0.05, 0.1) is 17.0 Å². The SMILES string of the molecule is CC(CCN(C)C)NC(=O)c1csc(C#CCN)c1. The number of carbonyl (C=O) groups excluding carboxylic acids is 1. The van der Waals surface area contributed by atoms with E-state index in [0.29, 0.717) is 12.1 Å². The first-order valence-electron chi connectivity index (χ1n) is 6.26. The molecule has 1 unspecified atom stereocenters. The van der Waals surface area contributed by atoms with Gasteiger partial charge in [-0.1, -0.05) is 11.8 Å². The Kier molecular flexibility index (Phi) is 6.57. The molecule has 3 N–H and O–H groups in total. The number of nitrogens with zero attached hydrogens (tertiary/aromatic N) is 1. The molecule has 0 fully saturated rings. The van der Waals surface area contributed by atoms with Gasteiger partial charge in [-0.25, -0.2) is 0 Å². The van der Waals surface area contributed by atoms with E-state index in [4.69, 9.17) is 5.73 Å². The molecule has 5 heteroatoms. The topological polar surface area (TPSA) is 58.4 Å². The molecular formula is C14H21N3OS. The summed E-state index contributed by atoms with van der Waals surface area (Å²) in [7, 11) is 4.05. The minimum absolute atomic E-state index is 0.0386. The van der Waals surface area contributed by atoms with E-state index in [1.54, 1.807) is 6.07 Å². The van der Waals surface area contributed by atoms with Gasteiger partial charge in [0.2, 0.25) is 0 Å². The second-order valence-corrected chi connectivity index (χ2v) is 5.58. The highest BCUT2D eigenvalue weighted by molar-refractivity contribution is 7.10. The van der Waals surface area contributed by atoms with Gasteiger partial charge in [-0.3, -0.25) is 4.79 Å². The molecule has 1 amide bonds. The molecule has 1 rings (SSSR count). The van der Waals surface area contributed by atoms with Crippen LogP contribution in [0.4, 0.5) is 0 Å². The molecular weight excluding hydrogens is 258 g/mol. The number of amides is 1. The van der Waals surface area contributed by atoms with Crippen LogP contribution in [0.2, 0.25) is 0 Å². The molecule has 1 aromatic rings. The van der Waals surface area contributed by atoms with Crippen LogP contribution in [-0.4, -0.2) is 44.0 Å². The van der Waals surface area contributed by atoms with Crippen LogP contribution in [0.3, 0.4) is 0 Å². The Morgan fingerprint density at radius 2 is 2.32 bits per heavy atom. The smallest absolute Gasteiger partial charge is 0.252 e. The van der Waals surface area contributed by atoms with Crippen LogP contribution in [0.25, 0.3) is 0 Å². The third kappa shape index (κ3) is 5.88. The molecule has 0 aliphatic rings. The Hall–Kier alpha value is -1.35. The van der Waals surface area contributed by atoms with Crippen LogP contribution in [-0.2, 0) is 0 Å². The fraction of sp³-hybridized carbons (Fsp3) is 0.500. The second-order valence-electron chi connectivity index (χ2n) is 4.67. The molecule has 0 aromatic carbocycles. The molecule has 0 spiro atoms. The minimum atomic E-state index is -0.0386. The summed E-state index contributed by atoms with van der Waals surface area (Å²) in [5.41, 5.74) is 5.98. The van der Waals surface area contributed by atoms with E-state index in [2.05, 4.69) is 22.1 Å². The van der Waals surface area contributed by atoms with E-state index < -0.39 is 0 Å². The van der Waals surface area contributed by atoms with Gasteiger partial charge in [0.25, 0.3) is 5.91 Å². The fourth-order valence-corrected chi connectivity index (χ4v) is 2.25. The lowest BCUT2D eigenvalue weighted by Crippen LogP contribution is -2.34. The van der Waals surface area contributed by atoms with Crippen LogP contribution in [0, 0.1) is 11.8 Å². The highest BCUT2D eigenvalue weighted by atomic mass is 32.1. The van der Waals surface area contributed by atoms with Crippen LogP contribution < -0.4 is 11.1 Å². The van der Waals surface area contributed by atoms with Crippen molar-refractivity contribution in [3.8, 4) is 11.8 Å². The third-order valence-electron chi connectivity index (χ3n) is 2.56. The van der Waals surface area contributed by atoms with Gasteiger partial charge in [0.15, 0.2) is 0 Å². The zero-order valence-corrected chi connectivity index (χ0v) is 12.5. The maximum Gasteiger partial charge on any atom is 0.252 e. The average molecular weight is 279 g/mol. The lowest BCUT2D eigenvalue weighted by Gasteiger charge is -2.16. The third-order valence-corrected chi connectivity index (χ3v) is 3.41. The molecule has 19 heavy (non-hydrogen) atoms.